The number of nitrogens with one attached hydrogen (secondary N) is 1. The van der Waals surface area contributed by atoms with Gasteiger partial charge in [-0.2, -0.15) is 0 Å². The van der Waals surface area contributed by atoms with Crippen molar-refractivity contribution in [3.8, 4) is 0 Å². The molecule has 3 heterocycles. The molecule has 1 saturated heterocycles. The van der Waals surface area contributed by atoms with Crippen LogP contribution in [0.3, 0.4) is 0 Å². The standard InChI is InChI=1S/C19H22N4O2S.2ClH/c20-13-7-9-23(11-13)19(25)16-14-5-1-2-6-15(14)26-18(16)22-17(24)12-4-3-8-21-10-12;;/h3-4,8,10,13H,1-2,5-7,9,11,20H2,(H,22,24);2*1H/t13-;;/m1../s1. The Morgan fingerprint density at radius 1 is 1.25 bits per heavy atom. The minimum Gasteiger partial charge on any atom is -0.337 e. The van der Waals surface area contributed by atoms with Crippen LogP contribution in [0, 0.1) is 0 Å². The van der Waals surface area contributed by atoms with Crippen molar-refractivity contribution in [3.63, 3.8) is 0 Å². The average molecular weight is 443 g/mol. The molecule has 1 aliphatic heterocycles. The molecular formula is C19H24Cl2N4O2S. The van der Waals surface area contributed by atoms with E-state index >= 15 is 0 Å². The Labute approximate surface area is 180 Å². The van der Waals surface area contributed by atoms with E-state index in [-0.39, 0.29) is 42.7 Å². The fourth-order valence-electron chi connectivity index (χ4n) is 3.68. The molecule has 1 atom stereocenters. The highest BCUT2D eigenvalue weighted by atomic mass is 35.5. The third-order valence-corrected chi connectivity index (χ3v) is 6.26. The second-order valence-corrected chi connectivity index (χ2v) is 8.02. The first kappa shape index (κ1) is 22.6. The van der Waals surface area contributed by atoms with Gasteiger partial charge in [-0.3, -0.25) is 14.6 Å². The van der Waals surface area contributed by atoms with Gasteiger partial charge >= 0.3 is 0 Å². The van der Waals surface area contributed by atoms with Crippen molar-refractivity contribution in [2.24, 2.45) is 5.73 Å². The molecule has 2 aromatic rings. The summed E-state index contributed by atoms with van der Waals surface area (Å²) >= 11 is 1.54. The number of thiophene rings is 1. The monoisotopic (exact) mass is 442 g/mol. The summed E-state index contributed by atoms with van der Waals surface area (Å²) in [6.45, 7) is 1.26. The highest BCUT2D eigenvalue weighted by Crippen LogP contribution is 2.39. The van der Waals surface area contributed by atoms with Crippen molar-refractivity contribution >= 4 is 53.0 Å². The quantitative estimate of drug-likeness (QED) is 0.762. The smallest absolute Gasteiger partial charge is 0.257 e. The normalized spacial score (nSPS) is 17.9. The largest absolute Gasteiger partial charge is 0.337 e. The molecule has 2 aromatic heterocycles. The number of hydrogen-bond donors (Lipinski definition) is 2. The van der Waals surface area contributed by atoms with Gasteiger partial charge in [0.1, 0.15) is 5.00 Å². The number of carbonyl (C=O) groups is 2. The lowest BCUT2D eigenvalue weighted by atomic mass is 9.95. The predicted octanol–water partition coefficient (Wildman–Crippen LogP) is 3.29. The van der Waals surface area contributed by atoms with Gasteiger partial charge in [-0.25, -0.2) is 0 Å². The molecule has 0 saturated carbocycles. The number of amides is 2. The Bertz CT molecular complexity index is 844. The molecule has 152 valence electrons. The number of nitrogens with two attached hydrogens (primary N) is 1. The van der Waals surface area contributed by atoms with E-state index in [1.54, 1.807) is 29.7 Å². The van der Waals surface area contributed by atoms with Crippen LogP contribution in [0.2, 0.25) is 0 Å². The highest BCUT2D eigenvalue weighted by Gasteiger charge is 2.32. The van der Waals surface area contributed by atoms with Crippen LogP contribution < -0.4 is 11.1 Å². The zero-order chi connectivity index (χ0) is 18.1. The Kier molecular flexibility index (Phi) is 7.83. The molecule has 6 nitrogen and oxygen atoms in total. The van der Waals surface area contributed by atoms with E-state index in [0.717, 1.165) is 37.7 Å². The number of aryl methyl sites for hydroxylation is 1. The van der Waals surface area contributed by atoms with Gasteiger partial charge in [-0.15, -0.1) is 36.2 Å². The molecule has 0 spiro atoms. The van der Waals surface area contributed by atoms with Crippen molar-refractivity contribution in [1.82, 2.24) is 9.88 Å². The number of hydrogen-bond acceptors (Lipinski definition) is 5. The first-order valence-electron chi connectivity index (χ1n) is 9.04. The minimum absolute atomic E-state index is 0. The van der Waals surface area contributed by atoms with Crippen molar-refractivity contribution in [1.29, 1.82) is 0 Å². The number of anilines is 1. The average Bonchev–Trinajstić information content (AvgIpc) is 3.25. The summed E-state index contributed by atoms with van der Waals surface area (Å²) in [6, 6.07) is 3.49. The van der Waals surface area contributed by atoms with E-state index in [9.17, 15) is 9.59 Å². The Morgan fingerprint density at radius 2 is 2.04 bits per heavy atom. The van der Waals surface area contributed by atoms with E-state index in [0.29, 0.717) is 29.2 Å². The Morgan fingerprint density at radius 3 is 2.71 bits per heavy atom. The molecule has 9 heteroatoms. The molecule has 1 aliphatic carbocycles. The minimum atomic E-state index is -0.233. The van der Waals surface area contributed by atoms with Crippen LogP contribution in [0.1, 0.15) is 50.4 Å². The second kappa shape index (κ2) is 9.69. The van der Waals surface area contributed by atoms with E-state index < -0.39 is 0 Å². The number of nitrogens with zero attached hydrogens (tertiary/aromatic N) is 2. The molecule has 28 heavy (non-hydrogen) atoms. The van der Waals surface area contributed by atoms with Crippen molar-refractivity contribution < 1.29 is 9.59 Å². The number of carbonyl (C=O) groups excluding carboxylic acids is 2. The zero-order valence-corrected chi connectivity index (χ0v) is 17.8. The third kappa shape index (κ3) is 4.49. The first-order valence-corrected chi connectivity index (χ1v) is 9.86. The molecule has 0 unspecified atom stereocenters. The maximum atomic E-state index is 13.2. The van der Waals surface area contributed by atoms with Gasteiger partial charge in [0, 0.05) is 36.4 Å². The first-order chi connectivity index (χ1) is 12.6. The maximum absolute atomic E-state index is 13.2. The summed E-state index contributed by atoms with van der Waals surface area (Å²) in [5.41, 5.74) is 8.26. The fraction of sp³-hybridized carbons (Fsp3) is 0.421. The number of aromatic nitrogens is 1. The molecule has 4 rings (SSSR count). The molecule has 0 aromatic carbocycles. The number of rotatable bonds is 3. The Hall–Kier alpha value is -1.67. The molecule has 1 fully saturated rings. The van der Waals surface area contributed by atoms with Crippen molar-refractivity contribution in [2.45, 2.75) is 38.1 Å². The third-order valence-electron chi connectivity index (χ3n) is 5.05. The number of likely N-dealkylation sites (tertiary alicyclic amines) is 1. The summed E-state index contributed by atoms with van der Waals surface area (Å²) in [5.74, 6) is -0.234. The van der Waals surface area contributed by atoms with Crippen LogP contribution in [0.5, 0.6) is 0 Å². The lowest BCUT2D eigenvalue weighted by Gasteiger charge is -2.19. The van der Waals surface area contributed by atoms with Crippen molar-refractivity contribution in [3.05, 3.63) is 46.1 Å². The SMILES string of the molecule is Cl.Cl.N[C@@H]1CCN(C(=O)c2c(NC(=O)c3cccnc3)sc3c2CCCC3)C1. The number of pyridine rings is 1. The van der Waals surface area contributed by atoms with Crippen LogP contribution in [0.15, 0.2) is 24.5 Å². The van der Waals surface area contributed by atoms with E-state index in [4.69, 9.17) is 5.73 Å². The van der Waals surface area contributed by atoms with Crippen LogP contribution >= 0.6 is 36.2 Å². The van der Waals surface area contributed by atoms with Crippen LogP contribution in [0.25, 0.3) is 0 Å². The van der Waals surface area contributed by atoms with E-state index in [1.807, 2.05) is 4.90 Å². The van der Waals surface area contributed by atoms with Crippen molar-refractivity contribution in [2.75, 3.05) is 18.4 Å². The summed E-state index contributed by atoms with van der Waals surface area (Å²) in [5, 5.41) is 3.62. The second-order valence-electron chi connectivity index (χ2n) is 6.91. The summed E-state index contributed by atoms with van der Waals surface area (Å²) in [4.78, 5) is 32.8. The molecule has 3 N–H and O–H groups in total. The Balaban J connectivity index is 0.00000140. The summed E-state index contributed by atoms with van der Waals surface area (Å²) in [7, 11) is 0. The topological polar surface area (TPSA) is 88.3 Å². The number of fused-ring (bicyclic) bond motifs is 1. The van der Waals surface area contributed by atoms with Gasteiger partial charge in [0.2, 0.25) is 0 Å². The van der Waals surface area contributed by atoms with Gasteiger partial charge in [0.25, 0.3) is 11.8 Å². The highest BCUT2D eigenvalue weighted by molar-refractivity contribution is 7.17. The van der Waals surface area contributed by atoms with Gasteiger partial charge in [-0.1, -0.05) is 0 Å². The molecule has 2 aliphatic rings. The maximum Gasteiger partial charge on any atom is 0.257 e. The van der Waals surface area contributed by atoms with Gasteiger partial charge in [0.05, 0.1) is 11.1 Å². The van der Waals surface area contributed by atoms with Crippen LogP contribution in [-0.2, 0) is 12.8 Å². The van der Waals surface area contributed by atoms with Crippen LogP contribution in [0.4, 0.5) is 5.00 Å². The molecule has 0 bridgehead atoms. The summed E-state index contributed by atoms with van der Waals surface area (Å²) < 4.78 is 0. The fourth-order valence-corrected chi connectivity index (χ4v) is 4.96. The molecule has 0 radical (unpaired) electrons. The predicted molar refractivity (Wildman–Crippen MR) is 116 cm³/mol. The lowest BCUT2D eigenvalue weighted by molar-refractivity contribution is 0.0791. The lowest BCUT2D eigenvalue weighted by Crippen LogP contribution is -2.33. The van der Waals surface area contributed by atoms with Crippen LogP contribution in [-0.4, -0.2) is 40.8 Å². The number of halogens is 2. The molecule has 2 amide bonds. The van der Waals surface area contributed by atoms with Gasteiger partial charge in [0.15, 0.2) is 0 Å². The van der Waals surface area contributed by atoms with E-state index in [1.165, 1.54) is 11.1 Å². The molecular weight excluding hydrogens is 419 g/mol. The van der Waals surface area contributed by atoms with E-state index in [2.05, 4.69) is 10.3 Å². The zero-order valence-electron chi connectivity index (χ0n) is 15.3. The summed E-state index contributed by atoms with van der Waals surface area (Å²) in [6.07, 6.45) is 8.08. The van der Waals surface area contributed by atoms with Gasteiger partial charge < -0.3 is 16.0 Å². The van der Waals surface area contributed by atoms with Gasteiger partial charge in [-0.05, 0) is 49.8 Å².